The molecular formula is C12H18N2O2S. The Morgan fingerprint density at radius 3 is 2.41 bits per heavy atom. The first-order valence-electron chi connectivity index (χ1n) is 5.73. The largest absolute Gasteiger partial charge is 0.305 e. The molecule has 1 fully saturated rings. The van der Waals surface area contributed by atoms with Crippen molar-refractivity contribution in [2.24, 2.45) is 0 Å². The zero-order valence-electron chi connectivity index (χ0n) is 10.2. The minimum atomic E-state index is -3.30. The van der Waals surface area contributed by atoms with Crippen molar-refractivity contribution in [3.63, 3.8) is 0 Å². The quantitative estimate of drug-likeness (QED) is 0.808. The van der Waals surface area contributed by atoms with Crippen LogP contribution in [0, 0.1) is 0 Å². The van der Waals surface area contributed by atoms with Crippen molar-refractivity contribution in [3.8, 4) is 0 Å². The van der Waals surface area contributed by atoms with E-state index in [9.17, 15) is 8.42 Å². The predicted molar refractivity (Wildman–Crippen MR) is 67.3 cm³/mol. The van der Waals surface area contributed by atoms with Crippen molar-refractivity contribution < 1.29 is 8.42 Å². The minimum Gasteiger partial charge on any atom is -0.305 e. The molecule has 1 heterocycles. The average molecular weight is 254 g/mol. The Morgan fingerprint density at radius 1 is 1.24 bits per heavy atom. The van der Waals surface area contributed by atoms with Crippen LogP contribution in [0.25, 0.3) is 0 Å². The van der Waals surface area contributed by atoms with E-state index < -0.39 is 10.0 Å². The first-order chi connectivity index (χ1) is 8.01. The van der Waals surface area contributed by atoms with Gasteiger partial charge in [0.25, 0.3) is 0 Å². The molecule has 0 saturated carbocycles. The molecule has 94 valence electrons. The van der Waals surface area contributed by atoms with Gasteiger partial charge in [0.1, 0.15) is 0 Å². The van der Waals surface area contributed by atoms with Gasteiger partial charge in [-0.05, 0) is 32.6 Å². The fourth-order valence-electron chi connectivity index (χ4n) is 2.09. The van der Waals surface area contributed by atoms with Gasteiger partial charge in [0.15, 0.2) is 0 Å². The summed E-state index contributed by atoms with van der Waals surface area (Å²) in [6, 6.07) is 8.97. The first-order valence-corrected chi connectivity index (χ1v) is 7.17. The highest BCUT2D eigenvalue weighted by Gasteiger charge is 2.33. The van der Waals surface area contributed by atoms with Gasteiger partial charge in [-0.15, -0.1) is 0 Å². The van der Waals surface area contributed by atoms with Crippen LogP contribution in [-0.4, -0.2) is 50.8 Å². The lowest BCUT2D eigenvalue weighted by Crippen LogP contribution is -2.34. The highest BCUT2D eigenvalue weighted by Crippen LogP contribution is 2.22. The molecule has 1 aromatic rings. The molecule has 1 aliphatic rings. The van der Waals surface area contributed by atoms with E-state index in [2.05, 4.69) is 4.90 Å². The van der Waals surface area contributed by atoms with Gasteiger partial charge in [-0.1, -0.05) is 18.2 Å². The number of nitrogens with zero attached hydrogens (tertiary/aromatic N) is 2. The minimum absolute atomic E-state index is 0.327. The number of rotatable bonds is 3. The zero-order valence-corrected chi connectivity index (χ0v) is 11.0. The molecule has 1 aromatic carbocycles. The van der Waals surface area contributed by atoms with Crippen molar-refractivity contribution >= 4 is 10.0 Å². The monoisotopic (exact) mass is 254 g/mol. The van der Waals surface area contributed by atoms with Crippen molar-refractivity contribution in [1.29, 1.82) is 0 Å². The summed E-state index contributed by atoms with van der Waals surface area (Å²) in [6.45, 7) is 1.20. The molecule has 1 atom stereocenters. The summed E-state index contributed by atoms with van der Waals surface area (Å²) < 4.78 is 26.2. The van der Waals surface area contributed by atoms with Crippen LogP contribution < -0.4 is 0 Å². The standard InChI is InChI=1S/C12H18N2O2S/c1-13(2)11-8-9-14(10-11)17(15,16)12-6-4-3-5-7-12/h3-7,11H,8-10H2,1-2H3. The van der Waals surface area contributed by atoms with Gasteiger partial charge >= 0.3 is 0 Å². The highest BCUT2D eigenvalue weighted by atomic mass is 32.2. The number of likely N-dealkylation sites (N-methyl/N-ethyl adjacent to an activating group) is 1. The topological polar surface area (TPSA) is 40.6 Å². The van der Waals surface area contributed by atoms with Gasteiger partial charge in [-0.25, -0.2) is 8.42 Å². The van der Waals surface area contributed by atoms with Gasteiger partial charge < -0.3 is 4.90 Å². The van der Waals surface area contributed by atoms with Crippen LogP contribution in [0.2, 0.25) is 0 Å². The Balaban J connectivity index is 2.19. The Hall–Kier alpha value is -0.910. The second-order valence-electron chi connectivity index (χ2n) is 4.58. The van der Waals surface area contributed by atoms with Crippen molar-refractivity contribution in [2.75, 3.05) is 27.2 Å². The maximum atomic E-state index is 12.3. The average Bonchev–Trinajstić information content (AvgIpc) is 2.80. The molecule has 0 bridgehead atoms. The van der Waals surface area contributed by atoms with Crippen LogP contribution in [0.3, 0.4) is 0 Å². The third-order valence-corrected chi connectivity index (χ3v) is 5.12. The third kappa shape index (κ3) is 2.51. The summed E-state index contributed by atoms with van der Waals surface area (Å²) >= 11 is 0. The Bertz CT molecular complexity index is 471. The van der Waals surface area contributed by atoms with E-state index >= 15 is 0 Å². The summed E-state index contributed by atoms with van der Waals surface area (Å²) in [5, 5.41) is 0. The molecule has 0 aromatic heterocycles. The SMILES string of the molecule is CN(C)C1CCN(S(=O)(=O)c2ccccc2)C1. The summed E-state index contributed by atoms with van der Waals surface area (Å²) in [5.74, 6) is 0. The summed E-state index contributed by atoms with van der Waals surface area (Å²) in [7, 11) is 0.680. The van der Waals surface area contributed by atoms with Crippen LogP contribution in [0.15, 0.2) is 35.2 Å². The zero-order chi connectivity index (χ0) is 12.5. The number of benzene rings is 1. The van der Waals surface area contributed by atoms with E-state index in [4.69, 9.17) is 0 Å². The lowest BCUT2D eigenvalue weighted by Gasteiger charge is -2.20. The van der Waals surface area contributed by atoms with Gasteiger partial charge in [-0.2, -0.15) is 4.31 Å². The van der Waals surface area contributed by atoms with Crippen LogP contribution in [0.4, 0.5) is 0 Å². The summed E-state index contributed by atoms with van der Waals surface area (Å²) in [4.78, 5) is 2.47. The van der Waals surface area contributed by atoms with Crippen LogP contribution >= 0.6 is 0 Å². The molecule has 0 spiro atoms. The van der Waals surface area contributed by atoms with Gasteiger partial charge in [-0.3, -0.25) is 0 Å². The van der Waals surface area contributed by atoms with Crippen LogP contribution in [0.5, 0.6) is 0 Å². The molecule has 4 nitrogen and oxygen atoms in total. The molecule has 1 unspecified atom stereocenters. The molecule has 2 rings (SSSR count). The normalized spacial score (nSPS) is 22.2. The van der Waals surface area contributed by atoms with Crippen LogP contribution in [0.1, 0.15) is 6.42 Å². The summed E-state index contributed by atoms with van der Waals surface area (Å²) in [6.07, 6.45) is 0.902. The highest BCUT2D eigenvalue weighted by molar-refractivity contribution is 7.89. The fraction of sp³-hybridized carbons (Fsp3) is 0.500. The number of sulfonamides is 1. The predicted octanol–water partition coefficient (Wildman–Crippen LogP) is 1.01. The van der Waals surface area contributed by atoms with E-state index in [0.29, 0.717) is 24.0 Å². The Kier molecular flexibility index (Phi) is 3.51. The fourth-order valence-corrected chi connectivity index (χ4v) is 3.61. The number of hydrogen-bond acceptors (Lipinski definition) is 3. The van der Waals surface area contributed by atoms with Crippen molar-refractivity contribution in [3.05, 3.63) is 30.3 Å². The van der Waals surface area contributed by atoms with Crippen molar-refractivity contribution in [1.82, 2.24) is 9.21 Å². The molecule has 0 N–H and O–H groups in total. The van der Waals surface area contributed by atoms with Gasteiger partial charge in [0.2, 0.25) is 10.0 Å². The molecule has 1 saturated heterocycles. The molecule has 17 heavy (non-hydrogen) atoms. The maximum Gasteiger partial charge on any atom is 0.243 e. The van der Waals surface area contributed by atoms with E-state index in [0.717, 1.165) is 6.42 Å². The second-order valence-corrected chi connectivity index (χ2v) is 6.52. The molecule has 1 aliphatic heterocycles. The van der Waals surface area contributed by atoms with Crippen LogP contribution in [-0.2, 0) is 10.0 Å². The van der Waals surface area contributed by atoms with E-state index in [-0.39, 0.29) is 0 Å². The first kappa shape index (κ1) is 12.5. The van der Waals surface area contributed by atoms with Gasteiger partial charge in [0.05, 0.1) is 4.90 Å². The lowest BCUT2D eigenvalue weighted by atomic mass is 10.2. The Labute approximate surface area is 103 Å². The Morgan fingerprint density at radius 2 is 1.88 bits per heavy atom. The van der Waals surface area contributed by atoms with E-state index in [1.54, 1.807) is 28.6 Å². The molecule has 0 radical (unpaired) electrons. The van der Waals surface area contributed by atoms with E-state index in [1.165, 1.54) is 0 Å². The second kappa shape index (κ2) is 4.76. The third-order valence-electron chi connectivity index (χ3n) is 3.24. The molecular weight excluding hydrogens is 236 g/mol. The molecule has 0 aliphatic carbocycles. The smallest absolute Gasteiger partial charge is 0.243 e. The number of hydrogen-bond donors (Lipinski definition) is 0. The summed E-state index contributed by atoms with van der Waals surface area (Å²) in [5.41, 5.74) is 0. The molecule has 5 heteroatoms. The maximum absolute atomic E-state index is 12.3. The van der Waals surface area contributed by atoms with Gasteiger partial charge in [0, 0.05) is 19.1 Å². The van der Waals surface area contributed by atoms with E-state index in [1.807, 2.05) is 20.2 Å². The lowest BCUT2D eigenvalue weighted by molar-refractivity contribution is 0.302. The van der Waals surface area contributed by atoms with Crippen molar-refractivity contribution in [2.45, 2.75) is 17.4 Å². The molecule has 0 amide bonds.